The van der Waals surface area contributed by atoms with E-state index in [1.807, 2.05) is 37.3 Å². The summed E-state index contributed by atoms with van der Waals surface area (Å²) in [6.07, 6.45) is 8.20. The fourth-order valence-electron chi connectivity index (χ4n) is 1.74. The molecule has 0 atom stereocenters. The van der Waals surface area contributed by atoms with Crippen LogP contribution in [0.5, 0.6) is 5.75 Å². The molecule has 108 valence electrons. The minimum atomic E-state index is -0.425. The summed E-state index contributed by atoms with van der Waals surface area (Å²) in [5, 5.41) is 8.73. The summed E-state index contributed by atoms with van der Waals surface area (Å²) in [6.45, 7) is 1.87. The zero-order valence-corrected chi connectivity index (χ0v) is 12.1. The molecule has 0 spiro atoms. The first kappa shape index (κ1) is 15.2. The third-order valence-corrected chi connectivity index (χ3v) is 2.82. The van der Waals surface area contributed by atoms with E-state index in [-0.39, 0.29) is 0 Å². The van der Waals surface area contributed by atoms with Crippen molar-refractivity contribution in [2.45, 2.75) is 6.92 Å². The molecule has 4 heteroatoms. The Morgan fingerprint density at radius 2 is 1.86 bits per heavy atom. The van der Waals surface area contributed by atoms with Crippen LogP contribution in [-0.4, -0.2) is 11.0 Å². The van der Waals surface area contributed by atoms with Gasteiger partial charge in [0.05, 0.1) is 0 Å². The van der Waals surface area contributed by atoms with Gasteiger partial charge in [-0.15, -0.1) is 0 Å². The number of allylic oxidation sites excluding steroid dienone is 3. The summed E-state index contributed by atoms with van der Waals surface area (Å²) in [7, 11) is 0. The Morgan fingerprint density at radius 1 is 1.14 bits per heavy atom. The molecule has 0 aliphatic carbocycles. The number of benzene rings is 1. The minimum Gasteiger partial charge on any atom is -0.423 e. The Hall–Kier alpha value is -3.19. The topological polar surface area (TPSA) is 63.0 Å². The van der Waals surface area contributed by atoms with Crippen LogP contribution >= 0.6 is 0 Å². The van der Waals surface area contributed by atoms with E-state index in [9.17, 15) is 4.79 Å². The lowest BCUT2D eigenvalue weighted by Crippen LogP contribution is -2.03. The smallest absolute Gasteiger partial charge is 0.336 e. The van der Waals surface area contributed by atoms with Crippen molar-refractivity contribution in [3.8, 4) is 22.9 Å². The molecule has 0 aliphatic heterocycles. The zero-order chi connectivity index (χ0) is 15.8. The van der Waals surface area contributed by atoms with Crippen LogP contribution < -0.4 is 4.74 Å². The Balaban J connectivity index is 2.06. The second kappa shape index (κ2) is 7.55. The molecule has 1 aromatic carbocycles. The maximum atomic E-state index is 11.5. The summed E-state index contributed by atoms with van der Waals surface area (Å²) >= 11 is 0. The lowest BCUT2D eigenvalue weighted by molar-refractivity contribution is -0.128. The van der Waals surface area contributed by atoms with E-state index in [1.165, 1.54) is 6.08 Å². The second-order valence-electron chi connectivity index (χ2n) is 4.37. The number of ether oxygens (including phenoxy) is 1. The Morgan fingerprint density at radius 3 is 2.45 bits per heavy atom. The van der Waals surface area contributed by atoms with Crippen LogP contribution in [0.25, 0.3) is 11.1 Å². The second-order valence-corrected chi connectivity index (χ2v) is 4.37. The first-order chi connectivity index (χ1) is 10.7. The molecule has 0 unspecified atom stereocenters. The van der Waals surface area contributed by atoms with Crippen molar-refractivity contribution in [3.63, 3.8) is 0 Å². The van der Waals surface area contributed by atoms with Crippen LogP contribution in [0.4, 0.5) is 0 Å². The summed E-state index contributed by atoms with van der Waals surface area (Å²) in [6, 6.07) is 12.6. The highest BCUT2D eigenvalue weighted by atomic mass is 16.5. The highest BCUT2D eigenvalue weighted by Crippen LogP contribution is 2.22. The molecule has 0 bridgehead atoms. The maximum Gasteiger partial charge on any atom is 0.336 e. The highest BCUT2D eigenvalue weighted by molar-refractivity contribution is 5.84. The van der Waals surface area contributed by atoms with Gasteiger partial charge in [-0.25, -0.2) is 9.78 Å². The van der Waals surface area contributed by atoms with Crippen LogP contribution in [-0.2, 0) is 4.79 Å². The van der Waals surface area contributed by atoms with Gasteiger partial charge in [0.2, 0.25) is 0 Å². The van der Waals surface area contributed by atoms with Gasteiger partial charge in [-0.3, -0.25) is 0 Å². The van der Waals surface area contributed by atoms with Gasteiger partial charge < -0.3 is 4.74 Å². The van der Waals surface area contributed by atoms with E-state index >= 15 is 0 Å². The van der Waals surface area contributed by atoms with Gasteiger partial charge in [0, 0.05) is 17.8 Å². The molecule has 0 amide bonds. The van der Waals surface area contributed by atoms with Crippen molar-refractivity contribution in [3.05, 3.63) is 72.6 Å². The molecule has 22 heavy (non-hydrogen) atoms. The molecule has 2 rings (SSSR count). The monoisotopic (exact) mass is 290 g/mol. The number of nitriles is 1. The van der Waals surface area contributed by atoms with Gasteiger partial charge in [-0.1, -0.05) is 30.4 Å². The summed E-state index contributed by atoms with van der Waals surface area (Å²) in [5.41, 5.74) is 2.20. The molecular weight excluding hydrogens is 276 g/mol. The minimum absolute atomic E-state index is 0.377. The third kappa shape index (κ3) is 4.15. The summed E-state index contributed by atoms with van der Waals surface area (Å²) < 4.78 is 5.17. The third-order valence-electron chi connectivity index (χ3n) is 2.82. The number of carbonyl (C=O) groups is 1. The van der Waals surface area contributed by atoms with Gasteiger partial charge in [0.1, 0.15) is 17.5 Å². The standard InChI is InChI=1S/C18H14N2O2/c1-2-3-4-5-18(21)22-17-10-7-14(8-11-17)15-6-9-16(12-19)20-13-15/h2-11,13H,1H3. The van der Waals surface area contributed by atoms with Crippen molar-refractivity contribution in [2.75, 3.05) is 0 Å². The van der Waals surface area contributed by atoms with Gasteiger partial charge in [0.15, 0.2) is 0 Å². The van der Waals surface area contributed by atoms with Crippen LogP contribution in [0, 0.1) is 11.3 Å². The van der Waals surface area contributed by atoms with Gasteiger partial charge in [0.25, 0.3) is 0 Å². The van der Waals surface area contributed by atoms with Crippen molar-refractivity contribution in [2.24, 2.45) is 0 Å². The SMILES string of the molecule is CC=CC=CC(=O)Oc1ccc(-c2ccc(C#N)nc2)cc1. The molecule has 0 saturated carbocycles. The number of carbonyl (C=O) groups excluding carboxylic acids is 1. The first-order valence-corrected chi connectivity index (χ1v) is 6.70. The van der Waals surface area contributed by atoms with Crippen molar-refractivity contribution >= 4 is 5.97 Å². The lowest BCUT2D eigenvalue weighted by atomic mass is 10.1. The fraction of sp³-hybridized carbons (Fsp3) is 0.0556. The molecule has 4 nitrogen and oxygen atoms in total. The molecule has 2 aromatic rings. The number of rotatable bonds is 4. The number of esters is 1. The quantitative estimate of drug-likeness (QED) is 0.373. The fourth-order valence-corrected chi connectivity index (χ4v) is 1.74. The summed E-state index contributed by atoms with van der Waals surface area (Å²) in [5.74, 6) is 0.0476. The van der Waals surface area contributed by atoms with Crippen LogP contribution in [0.15, 0.2) is 66.9 Å². The molecule has 1 aromatic heterocycles. The van der Waals surface area contributed by atoms with Crippen LogP contribution in [0.3, 0.4) is 0 Å². The van der Waals surface area contributed by atoms with E-state index in [0.29, 0.717) is 11.4 Å². The number of pyridine rings is 1. The molecule has 0 saturated heterocycles. The predicted octanol–water partition coefficient (Wildman–Crippen LogP) is 3.66. The van der Waals surface area contributed by atoms with E-state index in [1.54, 1.807) is 36.5 Å². The Labute approximate surface area is 129 Å². The average molecular weight is 290 g/mol. The normalized spacial score (nSPS) is 10.7. The summed E-state index contributed by atoms with van der Waals surface area (Å²) in [4.78, 5) is 15.6. The molecule has 0 radical (unpaired) electrons. The molecule has 1 heterocycles. The molecule has 0 fully saturated rings. The van der Waals surface area contributed by atoms with E-state index in [2.05, 4.69) is 4.98 Å². The zero-order valence-electron chi connectivity index (χ0n) is 12.1. The molecule has 0 aliphatic rings. The van der Waals surface area contributed by atoms with Gasteiger partial charge in [-0.2, -0.15) is 5.26 Å². The van der Waals surface area contributed by atoms with Crippen molar-refractivity contribution < 1.29 is 9.53 Å². The van der Waals surface area contributed by atoms with Gasteiger partial charge >= 0.3 is 5.97 Å². The molecular formula is C18H14N2O2. The average Bonchev–Trinajstić information content (AvgIpc) is 2.56. The number of nitrogens with zero attached hydrogens (tertiary/aromatic N) is 2. The largest absolute Gasteiger partial charge is 0.423 e. The Bertz CT molecular complexity index is 736. The van der Waals surface area contributed by atoms with Gasteiger partial charge in [-0.05, 0) is 36.8 Å². The lowest BCUT2D eigenvalue weighted by Gasteiger charge is -2.04. The van der Waals surface area contributed by atoms with Crippen molar-refractivity contribution in [1.29, 1.82) is 5.26 Å². The van der Waals surface area contributed by atoms with Crippen LogP contribution in [0.1, 0.15) is 12.6 Å². The first-order valence-electron chi connectivity index (χ1n) is 6.70. The predicted molar refractivity (Wildman–Crippen MR) is 84.0 cm³/mol. The Kier molecular flexibility index (Phi) is 5.22. The highest BCUT2D eigenvalue weighted by Gasteiger charge is 2.02. The van der Waals surface area contributed by atoms with E-state index in [4.69, 9.17) is 10.00 Å². The van der Waals surface area contributed by atoms with Crippen molar-refractivity contribution in [1.82, 2.24) is 4.98 Å². The van der Waals surface area contributed by atoms with E-state index in [0.717, 1.165) is 11.1 Å². The number of hydrogen-bond acceptors (Lipinski definition) is 4. The number of hydrogen-bond donors (Lipinski definition) is 0. The van der Waals surface area contributed by atoms with Crippen LogP contribution in [0.2, 0.25) is 0 Å². The maximum absolute atomic E-state index is 11.5. The molecule has 0 N–H and O–H groups in total. The number of aromatic nitrogens is 1. The van der Waals surface area contributed by atoms with E-state index < -0.39 is 5.97 Å².